The van der Waals surface area contributed by atoms with Crippen molar-refractivity contribution in [3.8, 4) is 0 Å². The van der Waals surface area contributed by atoms with E-state index in [0.717, 1.165) is 30.7 Å². The summed E-state index contributed by atoms with van der Waals surface area (Å²) in [6, 6.07) is 14.9. The van der Waals surface area contributed by atoms with Crippen LogP contribution in [0.3, 0.4) is 0 Å². The minimum absolute atomic E-state index is 0.274. The van der Waals surface area contributed by atoms with Crippen LogP contribution in [0.5, 0.6) is 0 Å². The lowest BCUT2D eigenvalue weighted by atomic mass is 9.90. The molecule has 0 unspecified atom stereocenters. The van der Waals surface area contributed by atoms with Crippen LogP contribution in [0.1, 0.15) is 34.3 Å². The summed E-state index contributed by atoms with van der Waals surface area (Å²) >= 11 is 0. The fourth-order valence-electron chi connectivity index (χ4n) is 2.54. The van der Waals surface area contributed by atoms with Crippen LogP contribution in [0, 0.1) is 0 Å². The molecule has 2 aromatic rings. The molecule has 106 valence electrons. The molecule has 1 aliphatic carbocycles. The van der Waals surface area contributed by atoms with E-state index in [9.17, 15) is 4.79 Å². The second-order valence-electron chi connectivity index (χ2n) is 5.06. The van der Waals surface area contributed by atoms with Gasteiger partial charge in [0.2, 0.25) is 0 Å². The molecule has 2 N–H and O–H groups in total. The number of hydrazone groups is 1. The number of nitrogens with zero attached hydrogens (tertiary/aromatic N) is 1. The maximum absolute atomic E-state index is 10.8. The van der Waals surface area contributed by atoms with Gasteiger partial charge >= 0.3 is 5.97 Å². The van der Waals surface area contributed by atoms with E-state index in [0.29, 0.717) is 0 Å². The summed E-state index contributed by atoms with van der Waals surface area (Å²) in [7, 11) is 0. The van der Waals surface area contributed by atoms with E-state index in [4.69, 9.17) is 5.11 Å². The summed E-state index contributed by atoms with van der Waals surface area (Å²) in [6.07, 6.45) is 3.16. The lowest BCUT2D eigenvalue weighted by Crippen LogP contribution is -2.13. The standard InChI is InChI=1S/C17H16N2O2/c20-17(21)13-8-10-14(11-9-13)18-19-16-7-3-5-12-4-1-2-6-15(12)16/h1-2,4,6,8-11,18H,3,5,7H2,(H,20,21)/b19-16+. The molecule has 0 fully saturated rings. The largest absolute Gasteiger partial charge is 0.478 e. The number of rotatable bonds is 3. The Kier molecular flexibility index (Phi) is 3.69. The Labute approximate surface area is 123 Å². The van der Waals surface area contributed by atoms with Gasteiger partial charge in [0.25, 0.3) is 0 Å². The molecule has 0 aliphatic heterocycles. The number of hydrogen-bond acceptors (Lipinski definition) is 3. The highest BCUT2D eigenvalue weighted by Gasteiger charge is 2.14. The van der Waals surface area contributed by atoms with E-state index >= 15 is 0 Å². The lowest BCUT2D eigenvalue weighted by molar-refractivity contribution is 0.0697. The molecule has 0 saturated heterocycles. The van der Waals surface area contributed by atoms with Crippen LogP contribution in [-0.4, -0.2) is 16.8 Å². The molecule has 4 nitrogen and oxygen atoms in total. The lowest BCUT2D eigenvalue weighted by Gasteiger charge is -2.17. The summed E-state index contributed by atoms with van der Waals surface area (Å²) in [4.78, 5) is 10.8. The maximum Gasteiger partial charge on any atom is 0.335 e. The Bertz CT molecular complexity index is 690. The topological polar surface area (TPSA) is 61.7 Å². The Morgan fingerprint density at radius 3 is 2.57 bits per heavy atom. The zero-order valence-electron chi connectivity index (χ0n) is 11.5. The predicted octanol–water partition coefficient (Wildman–Crippen LogP) is 3.54. The average Bonchev–Trinajstić information content (AvgIpc) is 2.53. The van der Waals surface area contributed by atoms with E-state index < -0.39 is 5.97 Å². The zero-order valence-corrected chi connectivity index (χ0v) is 11.5. The van der Waals surface area contributed by atoms with Crippen LogP contribution in [0.4, 0.5) is 5.69 Å². The first kappa shape index (κ1) is 13.4. The predicted molar refractivity (Wildman–Crippen MR) is 82.9 cm³/mol. The second-order valence-corrected chi connectivity index (χ2v) is 5.06. The van der Waals surface area contributed by atoms with Crippen molar-refractivity contribution in [2.45, 2.75) is 19.3 Å². The Hall–Kier alpha value is -2.62. The van der Waals surface area contributed by atoms with Gasteiger partial charge in [-0.05, 0) is 49.1 Å². The molecule has 0 saturated carbocycles. The summed E-state index contributed by atoms with van der Waals surface area (Å²) in [5.41, 5.74) is 7.68. The molecule has 0 atom stereocenters. The highest BCUT2D eigenvalue weighted by molar-refractivity contribution is 6.03. The van der Waals surface area contributed by atoms with Gasteiger partial charge in [-0.1, -0.05) is 24.3 Å². The van der Waals surface area contributed by atoms with Crippen molar-refractivity contribution < 1.29 is 9.90 Å². The SMILES string of the molecule is O=C(O)c1ccc(N/N=C2\CCCc3ccccc32)cc1. The summed E-state index contributed by atoms with van der Waals surface area (Å²) in [6.45, 7) is 0. The number of carboxylic acids is 1. The molecule has 4 heteroatoms. The van der Waals surface area contributed by atoms with Gasteiger partial charge < -0.3 is 5.11 Å². The Morgan fingerprint density at radius 1 is 1.05 bits per heavy atom. The van der Waals surface area contributed by atoms with Gasteiger partial charge in [-0.2, -0.15) is 5.10 Å². The molecule has 3 rings (SSSR count). The molecule has 1 aliphatic rings. The van der Waals surface area contributed by atoms with Gasteiger partial charge in [0, 0.05) is 5.56 Å². The monoisotopic (exact) mass is 280 g/mol. The quantitative estimate of drug-likeness (QED) is 0.845. The fraction of sp³-hybridized carbons (Fsp3) is 0.176. The maximum atomic E-state index is 10.8. The molecule has 21 heavy (non-hydrogen) atoms. The third-order valence-corrected chi connectivity index (χ3v) is 3.64. The fourth-order valence-corrected chi connectivity index (χ4v) is 2.54. The number of aryl methyl sites for hydroxylation is 1. The molecule has 0 amide bonds. The van der Waals surface area contributed by atoms with Gasteiger partial charge in [0.05, 0.1) is 17.0 Å². The van der Waals surface area contributed by atoms with Crippen LogP contribution >= 0.6 is 0 Å². The van der Waals surface area contributed by atoms with Gasteiger partial charge in [-0.25, -0.2) is 4.79 Å². The highest BCUT2D eigenvalue weighted by Crippen LogP contribution is 2.21. The molecule has 0 aromatic heterocycles. The Balaban J connectivity index is 1.79. The molecule has 0 bridgehead atoms. The Morgan fingerprint density at radius 2 is 1.81 bits per heavy atom. The number of carboxylic acid groups (broad SMARTS) is 1. The molecule has 0 radical (unpaired) electrons. The van der Waals surface area contributed by atoms with Crippen LogP contribution < -0.4 is 5.43 Å². The van der Waals surface area contributed by atoms with Crippen molar-refractivity contribution in [2.24, 2.45) is 5.10 Å². The molecule has 0 heterocycles. The van der Waals surface area contributed by atoms with Crippen molar-refractivity contribution in [3.05, 3.63) is 65.2 Å². The van der Waals surface area contributed by atoms with Gasteiger partial charge in [-0.15, -0.1) is 0 Å². The number of benzene rings is 2. The van der Waals surface area contributed by atoms with E-state index in [1.165, 1.54) is 11.1 Å². The first-order valence-electron chi connectivity index (χ1n) is 6.98. The first-order valence-corrected chi connectivity index (χ1v) is 6.98. The smallest absolute Gasteiger partial charge is 0.335 e. The van der Waals surface area contributed by atoms with E-state index in [1.54, 1.807) is 24.3 Å². The zero-order chi connectivity index (χ0) is 14.7. The summed E-state index contributed by atoms with van der Waals surface area (Å²) in [5, 5.41) is 13.4. The van der Waals surface area contributed by atoms with Crippen molar-refractivity contribution in [3.63, 3.8) is 0 Å². The van der Waals surface area contributed by atoms with Crippen LogP contribution in [-0.2, 0) is 6.42 Å². The van der Waals surface area contributed by atoms with Crippen LogP contribution in [0.2, 0.25) is 0 Å². The number of anilines is 1. The number of hydrogen-bond donors (Lipinski definition) is 2. The van der Waals surface area contributed by atoms with Crippen molar-refractivity contribution >= 4 is 17.4 Å². The molecule has 2 aromatic carbocycles. The van der Waals surface area contributed by atoms with Crippen molar-refractivity contribution in [1.29, 1.82) is 0 Å². The van der Waals surface area contributed by atoms with E-state index in [-0.39, 0.29) is 5.56 Å². The van der Waals surface area contributed by atoms with Gasteiger partial charge in [-0.3, -0.25) is 5.43 Å². The number of aromatic carboxylic acids is 1. The summed E-state index contributed by atoms with van der Waals surface area (Å²) in [5.74, 6) is -0.922. The minimum atomic E-state index is -0.922. The second kappa shape index (κ2) is 5.79. The number of carbonyl (C=O) groups is 1. The van der Waals surface area contributed by atoms with Crippen LogP contribution in [0.25, 0.3) is 0 Å². The van der Waals surface area contributed by atoms with Crippen molar-refractivity contribution in [1.82, 2.24) is 0 Å². The van der Waals surface area contributed by atoms with Gasteiger partial charge in [0.1, 0.15) is 0 Å². The van der Waals surface area contributed by atoms with Crippen molar-refractivity contribution in [2.75, 3.05) is 5.43 Å². The van der Waals surface area contributed by atoms with Gasteiger partial charge in [0.15, 0.2) is 0 Å². The number of nitrogens with one attached hydrogen (secondary N) is 1. The van der Waals surface area contributed by atoms with E-state index in [1.807, 2.05) is 6.07 Å². The van der Waals surface area contributed by atoms with E-state index in [2.05, 4.69) is 28.7 Å². The van der Waals surface area contributed by atoms with Crippen LogP contribution in [0.15, 0.2) is 53.6 Å². The minimum Gasteiger partial charge on any atom is -0.478 e. The molecule has 0 spiro atoms. The molecular weight excluding hydrogens is 264 g/mol. The third-order valence-electron chi connectivity index (χ3n) is 3.64. The average molecular weight is 280 g/mol. The summed E-state index contributed by atoms with van der Waals surface area (Å²) < 4.78 is 0. The normalized spacial score (nSPS) is 15.5. The highest BCUT2D eigenvalue weighted by atomic mass is 16.4. The first-order chi connectivity index (χ1) is 10.2. The number of fused-ring (bicyclic) bond motifs is 1. The molecular formula is C17H16N2O2. The third kappa shape index (κ3) is 2.94.